The Morgan fingerprint density at radius 1 is 1.54 bits per heavy atom. The number of nitrogens with zero attached hydrogens (tertiary/aromatic N) is 1. The lowest BCUT2D eigenvalue weighted by Gasteiger charge is -2.36. The zero-order valence-electron chi connectivity index (χ0n) is 8.68. The molecule has 0 aromatic carbocycles. The molecule has 1 aliphatic rings. The van der Waals surface area contributed by atoms with Crippen LogP contribution in [0.15, 0.2) is 0 Å². The Hall–Kier alpha value is -0.160. The average molecular weight is 197 g/mol. The van der Waals surface area contributed by atoms with Gasteiger partial charge in [-0.05, 0) is 37.2 Å². The van der Waals surface area contributed by atoms with Gasteiger partial charge >= 0.3 is 0 Å². The molecule has 0 N–H and O–H groups in total. The van der Waals surface area contributed by atoms with Gasteiger partial charge in [-0.3, -0.25) is 0 Å². The van der Waals surface area contributed by atoms with E-state index in [-0.39, 0.29) is 5.41 Å². The summed E-state index contributed by atoms with van der Waals surface area (Å²) in [5.74, 6) is 1.75. The Morgan fingerprint density at radius 2 is 2.31 bits per heavy atom. The average Bonchev–Trinajstić information content (AvgIpc) is 2.17. The van der Waals surface area contributed by atoms with Crippen LogP contribution in [0.1, 0.15) is 39.0 Å². The van der Waals surface area contributed by atoms with Crippen LogP contribution >= 0.6 is 11.8 Å². The van der Waals surface area contributed by atoms with Gasteiger partial charge in [0.1, 0.15) is 0 Å². The highest BCUT2D eigenvalue weighted by Crippen LogP contribution is 2.43. The van der Waals surface area contributed by atoms with Gasteiger partial charge in [-0.2, -0.15) is 17.0 Å². The van der Waals surface area contributed by atoms with Crippen LogP contribution in [-0.4, -0.2) is 12.0 Å². The Kier molecular flexibility index (Phi) is 4.12. The third-order valence-electron chi connectivity index (χ3n) is 3.43. The predicted molar refractivity (Wildman–Crippen MR) is 58.7 cm³/mol. The molecule has 1 aliphatic carbocycles. The molecular weight excluding hydrogens is 178 g/mol. The number of hydrogen-bond acceptors (Lipinski definition) is 2. The molecule has 74 valence electrons. The molecule has 0 amide bonds. The molecule has 0 heterocycles. The summed E-state index contributed by atoms with van der Waals surface area (Å²) in [4.78, 5) is 0. The van der Waals surface area contributed by atoms with Crippen LogP contribution in [0.5, 0.6) is 0 Å². The molecule has 0 spiro atoms. The van der Waals surface area contributed by atoms with Crippen LogP contribution in [0, 0.1) is 22.7 Å². The van der Waals surface area contributed by atoms with E-state index < -0.39 is 0 Å². The molecule has 1 fully saturated rings. The fraction of sp³-hybridized carbons (Fsp3) is 0.909. The molecule has 2 heteroatoms. The zero-order valence-corrected chi connectivity index (χ0v) is 9.49. The zero-order chi connectivity index (χ0) is 9.73. The molecule has 13 heavy (non-hydrogen) atoms. The van der Waals surface area contributed by atoms with Gasteiger partial charge in [-0.15, -0.1) is 0 Å². The van der Waals surface area contributed by atoms with E-state index in [0.717, 1.165) is 18.6 Å². The van der Waals surface area contributed by atoms with E-state index in [0.29, 0.717) is 5.92 Å². The summed E-state index contributed by atoms with van der Waals surface area (Å²) >= 11 is 1.86. The first kappa shape index (κ1) is 10.9. The summed E-state index contributed by atoms with van der Waals surface area (Å²) in [7, 11) is 0. The maximum Gasteiger partial charge on any atom is 0.0692 e. The highest BCUT2D eigenvalue weighted by atomic mass is 32.2. The van der Waals surface area contributed by atoms with E-state index in [1.165, 1.54) is 19.3 Å². The van der Waals surface area contributed by atoms with Gasteiger partial charge in [-0.1, -0.05) is 19.8 Å². The molecule has 0 aliphatic heterocycles. The Balaban J connectivity index is 2.60. The first-order chi connectivity index (χ1) is 6.25. The smallest absolute Gasteiger partial charge is 0.0692 e. The third-order valence-corrected chi connectivity index (χ3v) is 4.04. The Morgan fingerprint density at radius 3 is 2.85 bits per heavy atom. The fourth-order valence-corrected chi connectivity index (χ4v) is 2.86. The van der Waals surface area contributed by atoms with E-state index in [9.17, 15) is 5.26 Å². The van der Waals surface area contributed by atoms with Crippen LogP contribution < -0.4 is 0 Å². The molecule has 0 aromatic rings. The summed E-state index contributed by atoms with van der Waals surface area (Å²) in [5, 5.41) is 9.28. The molecule has 1 nitrogen and oxygen atoms in total. The van der Waals surface area contributed by atoms with Gasteiger partial charge in [0.2, 0.25) is 0 Å². The second-order valence-corrected chi connectivity index (χ2v) is 5.14. The summed E-state index contributed by atoms with van der Waals surface area (Å²) < 4.78 is 0. The second-order valence-electron chi connectivity index (χ2n) is 4.16. The molecule has 0 bridgehead atoms. The highest BCUT2D eigenvalue weighted by molar-refractivity contribution is 7.98. The van der Waals surface area contributed by atoms with Gasteiger partial charge in [0, 0.05) is 0 Å². The first-order valence-electron chi connectivity index (χ1n) is 5.15. The van der Waals surface area contributed by atoms with E-state index in [4.69, 9.17) is 0 Å². The van der Waals surface area contributed by atoms with E-state index in [1.54, 1.807) is 0 Å². The lowest BCUT2D eigenvalue weighted by Crippen LogP contribution is -2.31. The summed E-state index contributed by atoms with van der Waals surface area (Å²) in [6, 6.07) is 2.59. The topological polar surface area (TPSA) is 23.8 Å². The van der Waals surface area contributed by atoms with Crippen molar-refractivity contribution in [3.63, 3.8) is 0 Å². The van der Waals surface area contributed by atoms with Crippen LogP contribution in [0.25, 0.3) is 0 Å². The molecule has 2 atom stereocenters. The van der Waals surface area contributed by atoms with Gasteiger partial charge in [0.15, 0.2) is 0 Å². The maximum absolute atomic E-state index is 9.28. The van der Waals surface area contributed by atoms with E-state index >= 15 is 0 Å². The molecule has 1 rings (SSSR count). The molecular formula is C11H19NS. The summed E-state index contributed by atoms with van der Waals surface area (Å²) in [5.41, 5.74) is 0.0151. The first-order valence-corrected chi connectivity index (χ1v) is 6.55. The maximum atomic E-state index is 9.28. The lowest BCUT2D eigenvalue weighted by molar-refractivity contribution is 0.170. The van der Waals surface area contributed by atoms with Crippen molar-refractivity contribution in [2.24, 2.45) is 11.3 Å². The van der Waals surface area contributed by atoms with Gasteiger partial charge in [0.25, 0.3) is 0 Å². The second kappa shape index (κ2) is 4.91. The molecule has 1 saturated carbocycles. The van der Waals surface area contributed by atoms with Crippen LogP contribution in [-0.2, 0) is 0 Å². The minimum absolute atomic E-state index is 0.0151. The van der Waals surface area contributed by atoms with Crippen LogP contribution in [0.3, 0.4) is 0 Å². The van der Waals surface area contributed by atoms with Crippen molar-refractivity contribution in [3.8, 4) is 6.07 Å². The number of rotatable bonds is 3. The minimum atomic E-state index is 0.0151. The van der Waals surface area contributed by atoms with Crippen LogP contribution in [0.2, 0.25) is 0 Å². The standard InChI is InChI=1S/C11H19NS/c1-10-5-3-4-6-11(10,9-12)7-8-13-2/h10H,3-8H2,1-2H3. The lowest BCUT2D eigenvalue weighted by atomic mass is 9.66. The highest BCUT2D eigenvalue weighted by Gasteiger charge is 2.37. The predicted octanol–water partition coefficient (Wildman–Crippen LogP) is 3.46. The van der Waals surface area contributed by atoms with Crippen molar-refractivity contribution < 1.29 is 0 Å². The Bertz CT molecular complexity index is 197. The fourth-order valence-electron chi connectivity index (χ4n) is 2.29. The third kappa shape index (κ3) is 2.40. The van der Waals surface area contributed by atoms with Gasteiger partial charge in [0.05, 0.1) is 11.5 Å². The van der Waals surface area contributed by atoms with Crippen molar-refractivity contribution in [2.45, 2.75) is 39.0 Å². The Labute approximate surface area is 85.9 Å². The van der Waals surface area contributed by atoms with Crippen molar-refractivity contribution in [1.29, 1.82) is 5.26 Å². The van der Waals surface area contributed by atoms with Crippen molar-refractivity contribution in [2.75, 3.05) is 12.0 Å². The monoisotopic (exact) mass is 197 g/mol. The number of nitriles is 1. The van der Waals surface area contributed by atoms with E-state index in [2.05, 4.69) is 19.2 Å². The normalized spacial score (nSPS) is 34.1. The summed E-state index contributed by atoms with van der Waals surface area (Å²) in [6.45, 7) is 2.25. The largest absolute Gasteiger partial charge is 0.198 e. The summed E-state index contributed by atoms with van der Waals surface area (Å²) in [6.07, 6.45) is 8.17. The molecule has 0 radical (unpaired) electrons. The number of thioether (sulfide) groups is 1. The quantitative estimate of drug-likeness (QED) is 0.692. The molecule has 2 unspecified atom stereocenters. The van der Waals surface area contributed by atoms with Crippen LogP contribution in [0.4, 0.5) is 0 Å². The number of hydrogen-bond donors (Lipinski definition) is 0. The van der Waals surface area contributed by atoms with Crippen molar-refractivity contribution in [3.05, 3.63) is 0 Å². The SMILES string of the molecule is CSCCC1(C#N)CCCCC1C. The van der Waals surface area contributed by atoms with E-state index in [1.807, 2.05) is 11.8 Å². The van der Waals surface area contributed by atoms with Gasteiger partial charge in [-0.25, -0.2) is 0 Å². The molecule has 0 saturated heterocycles. The van der Waals surface area contributed by atoms with Gasteiger partial charge < -0.3 is 0 Å². The van der Waals surface area contributed by atoms with Crippen molar-refractivity contribution >= 4 is 11.8 Å². The van der Waals surface area contributed by atoms with Crippen molar-refractivity contribution in [1.82, 2.24) is 0 Å². The molecule has 0 aromatic heterocycles. The minimum Gasteiger partial charge on any atom is -0.198 e.